The van der Waals surface area contributed by atoms with Gasteiger partial charge in [0.05, 0.1) is 13.0 Å². The van der Waals surface area contributed by atoms with E-state index in [0.717, 1.165) is 5.56 Å². The van der Waals surface area contributed by atoms with Crippen LogP contribution in [0, 0.1) is 5.92 Å². The quantitative estimate of drug-likeness (QED) is 0.710. The molecule has 2 amide bonds. The van der Waals surface area contributed by atoms with Crippen LogP contribution in [0.5, 0.6) is 11.5 Å². The third kappa shape index (κ3) is 4.63. The Morgan fingerprint density at radius 3 is 2.61 bits per heavy atom. The molecule has 0 unspecified atom stereocenters. The number of nitrogens with one attached hydrogen (secondary N) is 1. The van der Waals surface area contributed by atoms with Crippen LogP contribution in [0.3, 0.4) is 0 Å². The molecule has 4 rings (SSSR count). The Kier molecular flexibility index (Phi) is 6.06. The average Bonchev–Trinajstić information content (AvgIpc) is 3.20. The molecule has 8 heteroatoms. The first-order valence-corrected chi connectivity index (χ1v) is 10.2. The van der Waals surface area contributed by atoms with Gasteiger partial charge in [-0.2, -0.15) is 0 Å². The molecule has 8 nitrogen and oxygen atoms in total. The monoisotopic (exact) mass is 424 g/mol. The second-order valence-corrected chi connectivity index (χ2v) is 7.51. The van der Waals surface area contributed by atoms with E-state index in [4.69, 9.17) is 14.2 Å². The Balaban J connectivity index is 1.44. The summed E-state index contributed by atoms with van der Waals surface area (Å²) < 4.78 is 16.0. The van der Waals surface area contributed by atoms with Crippen molar-refractivity contribution in [3.63, 3.8) is 0 Å². The first kappa shape index (κ1) is 20.7. The molecule has 2 aliphatic heterocycles. The predicted octanol–water partition coefficient (Wildman–Crippen LogP) is 1.71. The summed E-state index contributed by atoms with van der Waals surface area (Å²) in [5, 5.41) is 2.76. The molecular weight excluding hydrogens is 400 g/mol. The number of hydrogen-bond acceptors (Lipinski definition) is 6. The van der Waals surface area contributed by atoms with Crippen LogP contribution in [0.1, 0.15) is 12.0 Å². The fourth-order valence-electron chi connectivity index (χ4n) is 3.81. The van der Waals surface area contributed by atoms with E-state index in [0.29, 0.717) is 36.8 Å². The molecule has 0 radical (unpaired) electrons. The van der Waals surface area contributed by atoms with E-state index in [1.54, 1.807) is 23.1 Å². The summed E-state index contributed by atoms with van der Waals surface area (Å²) in [5.74, 6) is -0.376. The van der Waals surface area contributed by atoms with E-state index in [1.165, 1.54) is 7.11 Å². The van der Waals surface area contributed by atoms with Crippen molar-refractivity contribution < 1.29 is 28.6 Å². The van der Waals surface area contributed by atoms with Crippen LogP contribution in [0.25, 0.3) is 0 Å². The summed E-state index contributed by atoms with van der Waals surface area (Å²) in [4.78, 5) is 39.3. The molecule has 0 aliphatic carbocycles. The van der Waals surface area contributed by atoms with E-state index >= 15 is 0 Å². The standard InChI is InChI=1S/C23H24N2O6/c1-29-23(28)18(11-15-5-3-2-4-6-15)24-22(27)16-12-21(26)25(14-16)17-7-8-19-20(13-17)31-10-9-30-19/h2-8,13,16,18H,9-12,14H2,1H3,(H,24,27)/t16-,18-/m1/s1. The van der Waals surface area contributed by atoms with Gasteiger partial charge in [0.2, 0.25) is 11.8 Å². The van der Waals surface area contributed by atoms with Crippen LogP contribution in [0.4, 0.5) is 5.69 Å². The van der Waals surface area contributed by atoms with E-state index in [2.05, 4.69) is 5.32 Å². The highest BCUT2D eigenvalue weighted by Gasteiger charge is 2.37. The summed E-state index contributed by atoms with van der Waals surface area (Å²) >= 11 is 0. The number of ether oxygens (including phenoxy) is 3. The first-order valence-electron chi connectivity index (χ1n) is 10.2. The molecule has 162 valence electrons. The lowest BCUT2D eigenvalue weighted by Gasteiger charge is -2.22. The number of nitrogens with zero attached hydrogens (tertiary/aromatic N) is 1. The fourth-order valence-corrected chi connectivity index (χ4v) is 3.81. The van der Waals surface area contributed by atoms with Gasteiger partial charge < -0.3 is 24.4 Å². The molecule has 1 saturated heterocycles. The number of carbonyl (C=O) groups is 3. The zero-order chi connectivity index (χ0) is 21.8. The van der Waals surface area contributed by atoms with Gasteiger partial charge in [-0.1, -0.05) is 30.3 Å². The maximum Gasteiger partial charge on any atom is 0.328 e. The predicted molar refractivity (Wildman–Crippen MR) is 112 cm³/mol. The van der Waals surface area contributed by atoms with Crippen LogP contribution in [-0.2, 0) is 25.5 Å². The zero-order valence-corrected chi connectivity index (χ0v) is 17.2. The van der Waals surface area contributed by atoms with Gasteiger partial charge in [-0.25, -0.2) is 4.79 Å². The lowest BCUT2D eigenvalue weighted by atomic mass is 10.0. The summed E-state index contributed by atoms with van der Waals surface area (Å²) in [7, 11) is 1.29. The number of fused-ring (bicyclic) bond motifs is 1. The largest absolute Gasteiger partial charge is 0.486 e. The van der Waals surface area contributed by atoms with Crippen LogP contribution in [-0.4, -0.2) is 50.7 Å². The lowest BCUT2D eigenvalue weighted by Crippen LogP contribution is -2.46. The van der Waals surface area contributed by atoms with Gasteiger partial charge in [0.15, 0.2) is 11.5 Å². The van der Waals surface area contributed by atoms with Crippen LogP contribution in [0.15, 0.2) is 48.5 Å². The van der Waals surface area contributed by atoms with Crippen LogP contribution >= 0.6 is 0 Å². The summed E-state index contributed by atoms with van der Waals surface area (Å²) in [6.45, 7) is 1.16. The molecule has 1 N–H and O–H groups in total. The molecule has 0 bridgehead atoms. The first-order chi connectivity index (χ1) is 15.0. The van der Waals surface area contributed by atoms with Crippen molar-refractivity contribution >= 4 is 23.5 Å². The lowest BCUT2D eigenvalue weighted by molar-refractivity contribution is -0.145. The Hall–Kier alpha value is -3.55. The maximum absolute atomic E-state index is 12.9. The Morgan fingerprint density at radius 2 is 1.87 bits per heavy atom. The number of esters is 1. The molecule has 2 aromatic carbocycles. The minimum Gasteiger partial charge on any atom is -0.486 e. The number of amides is 2. The highest BCUT2D eigenvalue weighted by molar-refractivity contribution is 6.01. The van der Waals surface area contributed by atoms with Gasteiger partial charge in [-0.15, -0.1) is 0 Å². The van der Waals surface area contributed by atoms with E-state index in [9.17, 15) is 14.4 Å². The molecule has 2 heterocycles. The number of rotatable bonds is 6. The number of carbonyl (C=O) groups excluding carboxylic acids is 3. The van der Waals surface area contributed by atoms with Crippen molar-refractivity contribution in [3.05, 3.63) is 54.1 Å². The Bertz CT molecular complexity index is 977. The maximum atomic E-state index is 12.9. The Morgan fingerprint density at radius 1 is 1.13 bits per heavy atom. The summed E-state index contributed by atoms with van der Waals surface area (Å²) in [6, 6.07) is 13.8. The van der Waals surface area contributed by atoms with Crippen LogP contribution in [0.2, 0.25) is 0 Å². The molecule has 1 fully saturated rings. The van der Waals surface area contributed by atoms with Gasteiger partial charge in [-0.05, 0) is 17.7 Å². The second-order valence-electron chi connectivity index (χ2n) is 7.51. The number of benzene rings is 2. The smallest absolute Gasteiger partial charge is 0.328 e. The molecule has 0 spiro atoms. The third-order valence-electron chi connectivity index (χ3n) is 5.42. The number of hydrogen-bond donors (Lipinski definition) is 1. The SMILES string of the molecule is COC(=O)[C@@H](Cc1ccccc1)NC(=O)[C@@H]1CC(=O)N(c2ccc3c(c2)OCCO3)C1. The van der Waals surface area contributed by atoms with Gasteiger partial charge in [0.25, 0.3) is 0 Å². The number of anilines is 1. The number of methoxy groups -OCH3 is 1. The molecule has 0 aromatic heterocycles. The molecular formula is C23H24N2O6. The van der Waals surface area contributed by atoms with Gasteiger partial charge in [0, 0.05) is 31.1 Å². The van der Waals surface area contributed by atoms with Crippen molar-refractivity contribution in [1.29, 1.82) is 0 Å². The van der Waals surface area contributed by atoms with Gasteiger partial charge in [0.1, 0.15) is 19.3 Å². The minimum absolute atomic E-state index is 0.0690. The molecule has 31 heavy (non-hydrogen) atoms. The molecule has 2 aromatic rings. The summed E-state index contributed by atoms with van der Waals surface area (Å²) in [5.41, 5.74) is 1.55. The van der Waals surface area contributed by atoms with Crippen molar-refractivity contribution in [2.24, 2.45) is 5.92 Å². The molecule has 2 atom stereocenters. The molecule has 2 aliphatic rings. The van der Waals surface area contributed by atoms with Crippen molar-refractivity contribution in [2.75, 3.05) is 31.8 Å². The zero-order valence-electron chi connectivity index (χ0n) is 17.2. The van der Waals surface area contributed by atoms with E-state index < -0.39 is 17.9 Å². The van der Waals surface area contributed by atoms with Gasteiger partial charge >= 0.3 is 5.97 Å². The van der Waals surface area contributed by atoms with Crippen molar-refractivity contribution in [2.45, 2.75) is 18.9 Å². The highest BCUT2D eigenvalue weighted by atomic mass is 16.6. The normalized spacial score (nSPS) is 18.4. The highest BCUT2D eigenvalue weighted by Crippen LogP contribution is 2.36. The molecule has 0 saturated carbocycles. The Labute approximate surface area is 180 Å². The average molecular weight is 424 g/mol. The third-order valence-corrected chi connectivity index (χ3v) is 5.42. The van der Waals surface area contributed by atoms with Crippen molar-refractivity contribution in [3.8, 4) is 11.5 Å². The van der Waals surface area contributed by atoms with Crippen molar-refractivity contribution in [1.82, 2.24) is 5.32 Å². The van der Waals surface area contributed by atoms with Crippen LogP contribution < -0.4 is 19.7 Å². The van der Waals surface area contributed by atoms with E-state index in [1.807, 2.05) is 30.3 Å². The topological polar surface area (TPSA) is 94.2 Å². The summed E-state index contributed by atoms with van der Waals surface area (Å²) in [6.07, 6.45) is 0.380. The van der Waals surface area contributed by atoms with Gasteiger partial charge in [-0.3, -0.25) is 9.59 Å². The second kappa shape index (κ2) is 9.07. The van der Waals surface area contributed by atoms with E-state index in [-0.39, 0.29) is 24.8 Å². The minimum atomic E-state index is -0.821. The fraction of sp³-hybridized carbons (Fsp3) is 0.348.